The molecule has 2 aliphatic heterocycles. The average Bonchev–Trinajstić information content (AvgIpc) is 3.04. The first-order valence-electron chi connectivity index (χ1n) is 7.94. The molecule has 1 unspecified atom stereocenters. The Morgan fingerprint density at radius 2 is 2.19 bits per heavy atom. The first-order chi connectivity index (χ1) is 10.3. The summed E-state index contributed by atoms with van der Waals surface area (Å²) in [5.74, 6) is 0.740. The van der Waals surface area contributed by atoms with Crippen molar-refractivity contribution in [1.29, 1.82) is 0 Å². The monoisotopic (exact) mass is 288 g/mol. The summed E-state index contributed by atoms with van der Waals surface area (Å²) in [6.45, 7) is 6.08. The van der Waals surface area contributed by atoms with Crippen LogP contribution < -0.4 is 5.32 Å². The topological polar surface area (TPSA) is 41.6 Å². The zero-order chi connectivity index (χ0) is 14.7. The van der Waals surface area contributed by atoms with Crippen LogP contribution >= 0.6 is 0 Å². The summed E-state index contributed by atoms with van der Waals surface area (Å²) < 4.78 is 5.42. The van der Waals surface area contributed by atoms with E-state index < -0.39 is 0 Å². The van der Waals surface area contributed by atoms with Crippen molar-refractivity contribution in [3.05, 3.63) is 35.4 Å². The Kier molecular flexibility index (Phi) is 4.56. The molecule has 0 saturated carbocycles. The Balaban J connectivity index is 1.64. The van der Waals surface area contributed by atoms with E-state index in [1.165, 1.54) is 11.1 Å². The number of ether oxygens (including phenoxy) is 1. The molecule has 1 aromatic rings. The highest BCUT2D eigenvalue weighted by atomic mass is 16.5. The van der Waals surface area contributed by atoms with E-state index >= 15 is 0 Å². The fraction of sp³-hybridized carbons (Fsp3) is 0.588. The third kappa shape index (κ3) is 3.27. The molecule has 2 aliphatic rings. The summed E-state index contributed by atoms with van der Waals surface area (Å²) in [7, 11) is 0. The summed E-state index contributed by atoms with van der Waals surface area (Å²) in [5, 5.41) is 3.39. The quantitative estimate of drug-likeness (QED) is 0.915. The largest absolute Gasteiger partial charge is 0.381 e. The summed E-state index contributed by atoms with van der Waals surface area (Å²) in [6.07, 6.45) is 1.87. The van der Waals surface area contributed by atoms with Crippen LogP contribution in [0, 0.1) is 5.92 Å². The number of carbonyl (C=O) groups is 1. The molecule has 0 bridgehead atoms. The van der Waals surface area contributed by atoms with Gasteiger partial charge in [0.15, 0.2) is 0 Å². The van der Waals surface area contributed by atoms with E-state index in [2.05, 4.69) is 36.5 Å². The van der Waals surface area contributed by atoms with Crippen LogP contribution in [-0.2, 0) is 22.5 Å². The lowest BCUT2D eigenvalue weighted by Crippen LogP contribution is -2.50. The van der Waals surface area contributed by atoms with Gasteiger partial charge in [0.05, 0.1) is 12.6 Å². The van der Waals surface area contributed by atoms with Gasteiger partial charge in [-0.05, 0) is 30.9 Å². The summed E-state index contributed by atoms with van der Waals surface area (Å²) >= 11 is 0. The maximum absolute atomic E-state index is 12.7. The van der Waals surface area contributed by atoms with Crippen molar-refractivity contribution in [3.8, 4) is 0 Å². The molecule has 0 spiro atoms. The lowest BCUT2D eigenvalue weighted by molar-refractivity contribution is -0.134. The molecule has 1 saturated heterocycles. The Morgan fingerprint density at radius 3 is 2.90 bits per heavy atom. The van der Waals surface area contributed by atoms with Crippen molar-refractivity contribution < 1.29 is 9.53 Å². The lowest BCUT2D eigenvalue weighted by Gasteiger charge is -2.31. The van der Waals surface area contributed by atoms with Gasteiger partial charge in [-0.1, -0.05) is 24.3 Å². The average molecular weight is 288 g/mol. The normalized spacial score (nSPS) is 24.6. The molecule has 3 rings (SSSR count). The number of likely N-dealkylation sites (N-methyl/N-ethyl adjacent to an activating group) is 1. The molecule has 1 aromatic carbocycles. The van der Waals surface area contributed by atoms with Gasteiger partial charge in [-0.25, -0.2) is 0 Å². The Hall–Kier alpha value is -1.39. The molecule has 4 nitrogen and oxygen atoms in total. The third-order valence-electron chi connectivity index (χ3n) is 4.58. The minimum Gasteiger partial charge on any atom is -0.381 e. The lowest BCUT2D eigenvalue weighted by atomic mass is 9.95. The van der Waals surface area contributed by atoms with Crippen LogP contribution in [0.25, 0.3) is 0 Å². The fourth-order valence-corrected chi connectivity index (χ4v) is 3.26. The second-order valence-corrected chi connectivity index (χ2v) is 6.01. The van der Waals surface area contributed by atoms with Gasteiger partial charge in [-0.3, -0.25) is 4.79 Å². The van der Waals surface area contributed by atoms with Crippen molar-refractivity contribution >= 4 is 5.91 Å². The number of nitrogens with one attached hydrogen (secondary N) is 1. The smallest absolute Gasteiger partial charge is 0.240 e. The highest BCUT2D eigenvalue weighted by Gasteiger charge is 2.29. The molecular formula is C17H24N2O2. The van der Waals surface area contributed by atoms with Crippen molar-refractivity contribution in [2.75, 3.05) is 26.3 Å². The van der Waals surface area contributed by atoms with E-state index in [0.29, 0.717) is 5.92 Å². The van der Waals surface area contributed by atoms with E-state index in [1.54, 1.807) is 0 Å². The molecule has 1 amide bonds. The zero-order valence-corrected chi connectivity index (χ0v) is 12.7. The van der Waals surface area contributed by atoms with E-state index in [1.807, 2.05) is 4.90 Å². The van der Waals surface area contributed by atoms with Crippen LogP contribution in [0.5, 0.6) is 0 Å². The first-order valence-corrected chi connectivity index (χ1v) is 7.94. The Bertz CT molecular complexity index is 497. The van der Waals surface area contributed by atoms with Gasteiger partial charge in [0.2, 0.25) is 5.91 Å². The number of amides is 1. The van der Waals surface area contributed by atoms with Gasteiger partial charge in [0.25, 0.3) is 0 Å². The number of carbonyl (C=O) groups excluding carboxylic acids is 1. The van der Waals surface area contributed by atoms with Crippen molar-refractivity contribution in [1.82, 2.24) is 10.2 Å². The zero-order valence-electron chi connectivity index (χ0n) is 12.7. The van der Waals surface area contributed by atoms with Crippen LogP contribution in [0.3, 0.4) is 0 Å². The molecule has 1 fully saturated rings. The number of benzene rings is 1. The van der Waals surface area contributed by atoms with Gasteiger partial charge in [-0.2, -0.15) is 0 Å². The van der Waals surface area contributed by atoms with E-state index in [4.69, 9.17) is 4.74 Å². The number of nitrogens with zero attached hydrogens (tertiary/aromatic N) is 1. The molecule has 21 heavy (non-hydrogen) atoms. The van der Waals surface area contributed by atoms with E-state index in [0.717, 1.165) is 45.7 Å². The Labute approximate surface area is 126 Å². The molecular weight excluding hydrogens is 264 g/mol. The van der Waals surface area contributed by atoms with E-state index in [-0.39, 0.29) is 11.9 Å². The highest BCUT2D eigenvalue weighted by molar-refractivity contribution is 5.82. The van der Waals surface area contributed by atoms with E-state index in [9.17, 15) is 4.79 Å². The molecule has 1 N–H and O–H groups in total. The minimum atomic E-state index is -0.0813. The van der Waals surface area contributed by atoms with Crippen LogP contribution in [0.2, 0.25) is 0 Å². The number of hydrogen-bond donors (Lipinski definition) is 1. The van der Waals surface area contributed by atoms with Crippen LogP contribution in [0.4, 0.5) is 0 Å². The molecule has 0 aromatic heterocycles. The molecule has 114 valence electrons. The number of hydrogen-bond acceptors (Lipinski definition) is 3. The summed E-state index contributed by atoms with van der Waals surface area (Å²) in [6, 6.07) is 8.30. The van der Waals surface area contributed by atoms with Crippen LogP contribution in [0.15, 0.2) is 24.3 Å². The van der Waals surface area contributed by atoms with Gasteiger partial charge >= 0.3 is 0 Å². The molecule has 4 heteroatoms. The first kappa shape index (κ1) is 14.5. The minimum absolute atomic E-state index is 0.0813. The number of fused-ring (bicyclic) bond motifs is 1. The summed E-state index contributed by atoms with van der Waals surface area (Å²) in [5.41, 5.74) is 2.61. The molecule has 0 aliphatic carbocycles. The van der Waals surface area contributed by atoms with Crippen LogP contribution in [0.1, 0.15) is 24.5 Å². The Morgan fingerprint density at radius 1 is 1.38 bits per heavy atom. The molecule has 0 radical (unpaired) electrons. The SMILES string of the molecule is CCN(CC1CCOC1)C(=O)[C@@H]1Cc2ccccc2CN1. The van der Waals surface area contributed by atoms with Gasteiger partial charge in [0, 0.05) is 32.2 Å². The third-order valence-corrected chi connectivity index (χ3v) is 4.58. The molecule has 2 atom stereocenters. The second-order valence-electron chi connectivity index (χ2n) is 6.01. The van der Waals surface area contributed by atoms with Crippen molar-refractivity contribution in [2.45, 2.75) is 32.4 Å². The van der Waals surface area contributed by atoms with Gasteiger partial charge < -0.3 is 15.0 Å². The number of rotatable bonds is 4. The fourth-order valence-electron chi connectivity index (χ4n) is 3.26. The van der Waals surface area contributed by atoms with Crippen LogP contribution in [-0.4, -0.2) is 43.2 Å². The van der Waals surface area contributed by atoms with Gasteiger partial charge in [0.1, 0.15) is 0 Å². The predicted molar refractivity (Wildman–Crippen MR) is 82.0 cm³/mol. The second kappa shape index (κ2) is 6.58. The maximum Gasteiger partial charge on any atom is 0.240 e. The predicted octanol–water partition coefficient (Wildman–Crippen LogP) is 1.59. The van der Waals surface area contributed by atoms with Crippen molar-refractivity contribution in [3.63, 3.8) is 0 Å². The van der Waals surface area contributed by atoms with Gasteiger partial charge in [-0.15, -0.1) is 0 Å². The molecule has 2 heterocycles. The highest BCUT2D eigenvalue weighted by Crippen LogP contribution is 2.19. The summed E-state index contributed by atoms with van der Waals surface area (Å²) in [4.78, 5) is 14.7. The van der Waals surface area contributed by atoms with Crippen molar-refractivity contribution in [2.24, 2.45) is 5.92 Å². The maximum atomic E-state index is 12.7. The standard InChI is InChI=1S/C17H24N2O2/c1-2-19(11-13-7-8-21-12-13)17(20)16-9-14-5-3-4-6-15(14)10-18-16/h3-6,13,16,18H,2,7-12H2,1H3/t13?,16-/m0/s1.